The monoisotopic (exact) mass is 390 g/mol. The van der Waals surface area contributed by atoms with Crippen molar-refractivity contribution in [1.82, 2.24) is 19.9 Å². The van der Waals surface area contributed by atoms with Crippen LogP contribution in [-0.2, 0) is 0 Å². The third-order valence-corrected chi connectivity index (χ3v) is 4.81. The van der Waals surface area contributed by atoms with Gasteiger partial charge in [-0.25, -0.2) is 9.97 Å². The topological polar surface area (TPSA) is 107 Å². The van der Waals surface area contributed by atoms with Crippen LogP contribution in [0.3, 0.4) is 0 Å². The zero-order valence-electron chi connectivity index (χ0n) is 16.2. The summed E-state index contributed by atoms with van der Waals surface area (Å²) in [5, 5.41) is 0. The average molecular weight is 390 g/mol. The number of carbonyl (C=O) groups is 1. The van der Waals surface area contributed by atoms with Crippen molar-refractivity contribution in [2.75, 3.05) is 18.0 Å². The van der Waals surface area contributed by atoms with Crippen LogP contribution in [-0.4, -0.2) is 45.0 Å². The quantitative estimate of drug-likeness (QED) is 0.713. The molecule has 1 aliphatic heterocycles. The molecule has 1 aliphatic rings. The van der Waals surface area contributed by atoms with Gasteiger partial charge in [-0.2, -0.15) is 0 Å². The minimum absolute atomic E-state index is 0.0649. The van der Waals surface area contributed by atoms with Gasteiger partial charge in [-0.3, -0.25) is 14.8 Å². The molecule has 148 valence electrons. The second-order valence-corrected chi connectivity index (χ2v) is 6.98. The van der Waals surface area contributed by atoms with Gasteiger partial charge < -0.3 is 15.4 Å². The molecule has 3 aromatic heterocycles. The number of hydrogen-bond acceptors (Lipinski definition) is 7. The summed E-state index contributed by atoms with van der Waals surface area (Å²) in [6, 6.07) is 9.17. The molecule has 1 saturated heterocycles. The van der Waals surface area contributed by atoms with Gasteiger partial charge in [0.15, 0.2) is 5.82 Å². The van der Waals surface area contributed by atoms with Gasteiger partial charge in [0.05, 0.1) is 0 Å². The van der Waals surface area contributed by atoms with Crippen molar-refractivity contribution in [2.45, 2.75) is 25.9 Å². The van der Waals surface area contributed by atoms with E-state index in [2.05, 4.69) is 19.9 Å². The Morgan fingerprint density at radius 3 is 2.72 bits per heavy atom. The Morgan fingerprint density at radius 2 is 2.00 bits per heavy atom. The maximum absolute atomic E-state index is 11.3. The summed E-state index contributed by atoms with van der Waals surface area (Å²) in [6.45, 7) is 3.61. The third-order valence-electron chi connectivity index (χ3n) is 4.81. The van der Waals surface area contributed by atoms with Crippen molar-refractivity contribution in [1.29, 1.82) is 0 Å². The molecule has 0 unspecified atom stereocenters. The first-order valence-electron chi connectivity index (χ1n) is 9.52. The normalized spacial score (nSPS) is 14.6. The Bertz CT molecular complexity index is 1000. The molecule has 3 aromatic rings. The minimum atomic E-state index is -0.561. The number of carbonyl (C=O) groups excluding carboxylic acids is 1. The van der Waals surface area contributed by atoms with Crippen LogP contribution in [0.25, 0.3) is 11.4 Å². The summed E-state index contributed by atoms with van der Waals surface area (Å²) in [5.41, 5.74) is 7.31. The highest BCUT2D eigenvalue weighted by atomic mass is 16.5. The fourth-order valence-electron chi connectivity index (χ4n) is 3.35. The van der Waals surface area contributed by atoms with Gasteiger partial charge in [-0.05, 0) is 25.1 Å². The van der Waals surface area contributed by atoms with Crippen LogP contribution in [0.15, 0.2) is 48.9 Å². The van der Waals surface area contributed by atoms with Crippen LogP contribution < -0.4 is 15.4 Å². The molecule has 0 saturated carbocycles. The van der Waals surface area contributed by atoms with Gasteiger partial charge in [0, 0.05) is 67.9 Å². The van der Waals surface area contributed by atoms with Crippen molar-refractivity contribution in [3.63, 3.8) is 0 Å². The summed E-state index contributed by atoms with van der Waals surface area (Å²) in [4.78, 5) is 30.9. The van der Waals surface area contributed by atoms with Gasteiger partial charge in [0.1, 0.15) is 23.4 Å². The number of ether oxygens (including phenoxy) is 1. The van der Waals surface area contributed by atoms with Crippen molar-refractivity contribution < 1.29 is 9.53 Å². The van der Waals surface area contributed by atoms with Crippen LogP contribution in [0.5, 0.6) is 5.75 Å². The highest BCUT2D eigenvalue weighted by Gasteiger charge is 2.22. The minimum Gasteiger partial charge on any atom is -0.490 e. The van der Waals surface area contributed by atoms with Crippen molar-refractivity contribution in [3.8, 4) is 17.1 Å². The fourth-order valence-corrected chi connectivity index (χ4v) is 3.35. The van der Waals surface area contributed by atoms with Gasteiger partial charge in [-0.1, -0.05) is 0 Å². The first kappa shape index (κ1) is 18.8. The maximum Gasteiger partial charge on any atom is 0.267 e. The number of hydrogen-bond donors (Lipinski definition) is 1. The van der Waals surface area contributed by atoms with E-state index in [1.54, 1.807) is 24.5 Å². The van der Waals surface area contributed by atoms with E-state index >= 15 is 0 Å². The Morgan fingerprint density at radius 1 is 1.17 bits per heavy atom. The van der Waals surface area contributed by atoms with Crippen molar-refractivity contribution in [3.05, 3.63) is 60.3 Å². The summed E-state index contributed by atoms with van der Waals surface area (Å²) in [7, 11) is 0. The number of pyridine rings is 2. The number of aromatic nitrogens is 4. The molecule has 0 aromatic carbocycles. The largest absolute Gasteiger partial charge is 0.490 e. The Balaban J connectivity index is 1.43. The van der Waals surface area contributed by atoms with Gasteiger partial charge in [0.25, 0.3) is 5.91 Å². The van der Waals surface area contributed by atoms with Gasteiger partial charge >= 0.3 is 0 Å². The van der Waals surface area contributed by atoms with E-state index in [0.717, 1.165) is 43.0 Å². The summed E-state index contributed by atoms with van der Waals surface area (Å²) < 4.78 is 6.03. The SMILES string of the molecule is Cc1cc(N2CCC(Oc3ccnc(C(N)=O)c3)CC2)nc(-c2cccnc2)n1. The molecular formula is C21H22N6O2. The van der Waals surface area contributed by atoms with Crippen LogP contribution in [0.2, 0.25) is 0 Å². The molecule has 2 N–H and O–H groups in total. The standard InChI is InChI=1S/C21H22N6O2/c1-14-11-19(26-21(25-14)15-3-2-7-23-13-15)27-9-5-16(6-10-27)29-17-4-8-24-18(12-17)20(22)28/h2-4,7-8,11-13,16H,5-6,9-10H2,1H3,(H2,22,28). The van der Waals surface area contributed by atoms with Crippen molar-refractivity contribution in [2.24, 2.45) is 5.73 Å². The van der Waals surface area contributed by atoms with Crippen LogP contribution in [0.4, 0.5) is 5.82 Å². The number of piperidine rings is 1. The summed E-state index contributed by atoms with van der Waals surface area (Å²) in [5.74, 6) is 1.65. The number of rotatable bonds is 5. The van der Waals surface area contributed by atoms with E-state index in [0.29, 0.717) is 11.6 Å². The van der Waals surface area contributed by atoms with Crippen LogP contribution in [0.1, 0.15) is 29.0 Å². The van der Waals surface area contributed by atoms with Crippen LogP contribution in [0, 0.1) is 6.92 Å². The molecule has 4 heterocycles. The molecule has 29 heavy (non-hydrogen) atoms. The molecule has 8 heteroatoms. The molecule has 8 nitrogen and oxygen atoms in total. The van der Waals surface area contributed by atoms with Crippen molar-refractivity contribution >= 4 is 11.7 Å². The Kier molecular flexibility index (Phi) is 5.33. The van der Waals surface area contributed by atoms with E-state index in [1.165, 1.54) is 6.20 Å². The molecule has 0 atom stereocenters. The van der Waals surface area contributed by atoms with E-state index in [4.69, 9.17) is 15.5 Å². The van der Waals surface area contributed by atoms with E-state index in [1.807, 2.05) is 25.1 Å². The number of anilines is 1. The lowest BCUT2D eigenvalue weighted by atomic mass is 10.1. The smallest absolute Gasteiger partial charge is 0.267 e. The van der Waals surface area contributed by atoms with E-state index in [-0.39, 0.29) is 11.8 Å². The number of nitrogens with zero attached hydrogens (tertiary/aromatic N) is 5. The van der Waals surface area contributed by atoms with Crippen LogP contribution >= 0.6 is 0 Å². The first-order chi connectivity index (χ1) is 14.1. The Hall–Kier alpha value is -3.55. The molecule has 1 amide bonds. The zero-order chi connectivity index (χ0) is 20.2. The lowest BCUT2D eigenvalue weighted by Crippen LogP contribution is -2.38. The molecule has 0 aliphatic carbocycles. The molecule has 0 bridgehead atoms. The number of nitrogens with two attached hydrogens (primary N) is 1. The predicted molar refractivity (Wildman–Crippen MR) is 109 cm³/mol. The molecule has 1 fully saturated rings. The molecule has 0 radical (unpaired) electrons. The second kappa shape index (κ2) is 8.22. The predicted octanol–water partition coefficient (Wildman–Crippen LogP) is 2.39. The van der Waals surface area contributed by atoms with Gasteiger partial charge in [0.2, 0.25) is 0 Å². The summed E-state index contributed by atoms with van der Waals surface area (Å²) in [6.07, 6.45) is 6.80. The lowest BCUT2D eigenvalue weighted by Gasteiger charge is -2.33. The maximum atomic E-state index is 11.3. The van der Waals surface area contributed by atoms with E-state index in [9.17, 15) is 4.79 Å². The highest BCUT2D eigenvalue weighted by molar-refractivity contribution is 5.91. The highest BCUT2D eigenvalue weighted by Crippen LogP contribution is 2.24. The first-order valence-corrected chi connectivity index (χ1v) is 9.52. The number of amides is 1. The molecular weight excluding hydrogens is 368 g/mol. The summed E-state index contributed by atoms with van der Waals surface area (Å²) >= 11 is 0. The average Bonchev–Trinajstić information content (AvgIpc) is 2.75. The van der Waals surface area contributed by atoms with Gasteiger partial charge in [-0.15, -0.1) is 0 Å². The molecule has 4 rings (SSSR count). The fraction of sp³-hybridized carbons (Fsp3) is 0.286. The number of aryl methyl sites for hydroxylation is 1. The lowest BCUT2D eigenvalue weighted by molar-refractivity contribution is 0.0994. The number of primary amides is 1. The Labute approximate surface area is 168 Å². The molecule has 0 spiro atoms. The zero-order valence-corrected chi connectivity index (χ0v) is 16.2. The second-order valence-electron chi connectivity index (χ2n) is 6.98. The van der Waals surface area contributed by atoms with E-state index < -0.39 is 5.91 Å². The third kappa shape index (κ3) is 4.48.